The number of carbonyl (C=O) groups excluding carboxylic acids is 3. The van der Waals surface area contributed by atoms with E-state index in [1.807, 2.05) is 62.4 Å². The van der Waals surface area contributed by atoms with Gasteiger partial charge in [-0.15, -0.1) is 0 Å². The van der Waals surface area contributed by atoms with E-state index in [0.717, 1.165) is 42.3 Å². The Morgan fingerprint density at radius 2 is 1.83 bits per heavy atom. The molecule has 3 N–H and O–H groups in total. The molecule has 3 atom stereocenters. The van der Waals surface area contributed by atoms with Crippen molar-refractivity contribution in [1.29, 1.82) is 0 Å². The van der Waals surface area contributed by atoms with E-state index in [2.05, 4.69) is 25.9 Å². The molecular formula is C31H33N5O4SSn. The van der Waals surface area contributed by atoms with E-state index >= 15 is 0 Å². The molecule has 1 unspecified atom stereocenters. The third kappa shape index (κ3) is 5.26. The monoisotopic (exact) mass is 691 g/mol. The fraction of sp³-hybridized carbons (Fsp3) is 0.323. The zero-order valence-corrected chi connectivity index (χ0v) is 27.5. The predicted molar refractivity (Wildman–Crippen MR) is 167 cm³/mol. The summed E-state index contributed by atoms with van der Waals surface area (Å²) in [5.41, 5.74) is 1.32. The molecule has 0 spiro atoms. The van der Waals surface area contributed by atoms with Crippen molar-refractivity contribution in [3.8, 4) is 11.6 Å². The quantitative estimate of drug-likeness (QED) is 0.242. The van der Waals surface area contributed by atoms with Gasteiger partial charge in [0.25, 0.3) is 0 Å². The van der Waals surface area contributed by atoms with Crippen LogP contribution in [-0.2, 0) is 4.79 Å². The number of ether oxygens (including phenoxy) is 1. The summed E-state index contributed by atoms with van der Waals surface area (Å²) in [5, 5.41) is 10.3. The first-order chi connectivity index (χ1) is 20.3. The van der Waals surface area contributed by atoms with Gasteiger partial charge in [-0.05, 0) is 0 Å². The zero-order valence-electron chi connectivity index (χ0n) is 23.8. The number of pyridine rings is 2. The van der Waals surface area contributed by atoms with E-state index in [1.165, 1.54) is 11.3 Å². The zero-order chi connectivity index (χ0) is 29.4. The van der Waals surface area contributed by atoms with Crippen LogP contribution >= 0.6 is 11.3 Å². The van der Waals surface area contributed by atoms with E-state index in [-0.39, 0.29) is 27.8 Å². The molecule has 216 valence electrons. The number of anilines is 1. The molecule has 1 aliphatic carbocycles. The predicted octanol–water partition coefficient (Wildman–Crippen LogP) is 4.68. The number of aromatic nitrogens is 2. The molecule has 1 fully saturated rings. The third-order valence-electron chi connectivity index (χ3n) is 8.29. The summed E-state index contributed by atoms with van der Waals surface area (Å²) < 4.78 is 7.86. The van der Waals surface area contributed by atoms with E-state index < -0.39 is 18.4 Å². The molecule has 0 bridgehead atoms. The topological polar surface area (TPSA) is 122 Å². The van der Waals surface area contributed by atoms with Crippen molar-refractivity contribution in [3.63, 3.8) is 0 Å². The fourth-order valence-electron chi connectivity index (χ4n) is 6.11. The number of hydrogen-bond acceptors (Lipinski definition) is 7. The number of hydrogen-bond donors (Lipinski definition) is 3. The summed E-state index contributed by atoms with van der Waals surface area (Å²) in [4.78, 5) is 52.1. The molecule has 3 aromatic heterocycles. The third-order valence-corrected chi connectivity index (χ3v) is 21.2. The molecule has 0 saturated heterocycles. The average molecular weight is 690 g/mol. The number of benzene rings is 1. The molecule has 0 radical (unpaired) electrons. The van der Waals surface area contributed by atoms with E-state index in [0.29, 0.717) is 35.0 Å². The first-order valence-corrected chi connectivity index (χ1v) is 22.3. The van der Waals surface area contributed by atoms with E-state index in [1.54, 1.807) is 6.20 Å². The van der Waals surface area contributed by atoms with E-state index in [4.69, 9.17) is 9.72 Å². The Hall–Kier alpha value is -3.51. The van der Waals surface area contributed by atoms with Gasteiger partial charge < -0.3 is 0 Å². The number of carbonyl (C=O) groups is 3. The molecule has 3 amide bonds. The number of nitrogens with zero attached hydrogens (tertiary/aromatic N) is 2. The van der Waals surface area contributed by atoms with Crippen molar-refractivity contribution in [1.82, 2.24) is 20.6 Å². The van der Waals surface area contributed by atoms with Gasteiger partial charge in [-0.3, -0.25) is 0 Å². The van der Waals surface area contributed by atoms with Crippen LogP contribution in [0.3, 0.4) is 0 Å². The van der Waals surface area contributed by atoms with Gasteiger partial charge in [-0.1, -0.05) is 6.92 Å². The van der Waals surface area contributed by atoms with Gasteiger partial charge in [0.2, 0.25) is 0 Å². The molecule has 11 heteroatoms. The van der Waals surface area contributed by atoms with Crippen LogP contribution in [0.15, 0.2) is 54.7 Å². The Morgan fingerprint density at radius 1 is 1.07 bits per heavy atom. The Labute approximate surface area is 252 Å². The fourth-order valence-corrected chi connectivity index (χ4v) is 17.4. The minimum atomic E-state index is -3.98. The van der Waals surface area contributed by atoms with Gasteiger partial charge in [-0.25, -0.2) is 0 Å². The maximum atomic E-state index is 14.0. The molecule has 4 aromatic rings. The van der Waals surface area contributed by atoms with Crippen molar-refractivity contribution in [2.75, 3.05) is 5.32 Å². The summed E-state index contributed by atoms with van der Waals surface area (Å²) in [6.07, 6.45) is 5.57. The standard InChI is InChI=1S/C18H20N4O3S.C12H10NO.CH3.Sn/c1-2-14(24)21-11-5-3-6-12(9-11)22-17(25)16-15(20-10-23)13-7-4-8-19-18(13)26-16;1-10-6-5-9-12(13-10)14-11-7-3-2-4-8-11;;/h4,8,11-12H,2-3,5-6,9H2,1H3,(H,20,23)(H,21,24)(H,22,25);2-5,7-9H,1H3;1H3;/t11-,12+;;;/m1.../s1. The van der Waals surface area contributed by atoms with Crippen LogP contribution in [-0.4, -0.2) is 56.2 Å². The Balaban J connectivity index is 1.30. The normalized spacial score (nSPS) is 21.5. The maximum absolute atomic E-state index is 14.0. The number of thiophene rings is 1. The first kappa shape index (κ1) is 28.6. The number of nitrogens with one attached hydrogen (secondary N) is 3. The first-order valence-electron chi connectivity index (χ1n) is 14.3. The SMILES string of the molecule is CCC(=O)N[C@@H]1CCC[C@H](NC(=O)c2sc3ncc[c]4c3c2N[C](=O)[Sn]4([CH3])[c]2ccc(Oc3ccccc3)nc2C)C1. The molecule has 42 heavy (non-hydrogen) atoms. The molecule has 6 rings (SSSR count). The van der Waals surface area contributed by atoms with Crippen molar-refractivity contribution < 1.29 is 19.1 Å². The van der Waals surface area contributed by atoms with Gasteiger partial charge in [0.1, 0.15) is 0 Å². The molecule has 2 aliphatic rings. The second-order valence-corrected chi connectivity index (χ2v) is 22.9. The van der Waals surface area contributed by atoms with Gasteiger partial charge in [0.15, 0.2) is 0 Å². The van der Waals surface area contributed by atoms with Crippen molar-refractivity contribution in [2.45, 2.75) is 63.0 Å². The summed E-state index contributed by atoms with van der Waals surface area (Å²) in [5.74, 6) is 0.982. The Morgan fingerprint density at radius 3 is 2.57 bits per heavy atom. The van der Waals surface area contributed by atoms with Crippen LogP contribution in [0, 0.1) is 6.92 Å². The van der Waals surface area contributed by atoms with Crippen molar-refractivity contribution in [3.05, 3.63) is 65.3 Å². The van der Waals surface area contributed by atoms with Crippen LogP contribution in [0.4, 0.5) is 10.5 Å². The molecule has 1 saturated carbocycles. The summed E-state index contributed by atoms with van der Waals surface area (Å²) >= 11 is -2.67. The van der Waals surface area contributed by atoms with Crippen LogP contribution < -0.4 is 27.8 Å². The van der Waals surface area contributed by atoms with Gasteiger partial charge in [0.05, 0.1) is 0 Å². The summed E-state index contributed by atoms with van der Waals surface area (Å²) in [6, 6.07) is 15.2. The molecule has 1 aliphatic heterocycles. The van der Waals surface area contributed by atoms with Gasteiger partial charge in [0, 0.05) is 0 Å². The van der Waals surface area contributed by atoms with Crippen LogP contribution in [0.5, 0.6) is 11.6 Å². The van der Waals surface area contributed by atoms with Crippen molar-refractivity contribution in [2.24, 2.45) is 0 Å². The van der Waals surface area contributed by atoms with Gasteiger partial charge >= 0.3 is 247 Å². The molecule has 1 aromatic carbocycles. The molecule has 4 heterocycles. The van der Waals surface area contributed by atoms with Crippen molar-refractivity contribution >= 4 is 68.5 Å². The van der Waals surface area contributed by atoms with Crippen LogP contribution in [0.25, 0.3) is 10.2 Å². The number of para-hydroxylation sites is 1. The number of aryl methyl sites for hydroxylation is 1. The second-order valence-electron chi connectivity index (χ2n) is 11.1. The molecular weight excluding hydrogens is 657 g/mol. The van der Waals surface area contributed by atoms with Gasteiger partial charge in [-0.2, -0.15) is 0 Å². The van der Waals surface area contributed by atoms with E-state index in [9.17, 15) is 14.4 Å². The number of amides is 3. The summed E-state index contributed by atoms with van der Waals surface area (Å²) in [7, 11) is 0. The number of rotatable bonds is 7. The van der Waals surface area contributed by atoms with Crippen LogP contribution in [0.1, 0.15) is 54.4 Å². The Bertz CT molecular complexity index is 1690. The molecule has 9 nitrogen and oxygen atoms in total. The second kappa shape index (κ2) is 11.6. The summed E-state index contributed by atoms with van der Waals surface area (Å²) in [6.45, 7) is 3.76. The average Bonchev–Trinajstić information content (AvgIpc) is 3.35. The minimum absolute atomic E-state index is 0.0281. The van der Waals surface area contributed by atoms with Crippen LogP contribution in [0.2, 0.25) is 4.94 Å². The Kier molecular flexibility index (Phi) is 7.93.